The van der Waals surface area contributed by atoms with Crippen LogP contribution in [0.3, 0.4) is 0 Å². The summed E-state index contributed by atoms with van der Waals surface area (Å²) in [4.78, 5) is 0. The molecule has 2 aromatic rings. The average Bonchev–Trinajstić information content (AvgIpc) is 2.39. The first-order valence-corrected chi connectivity index (χ1v) is 5.87. The Bertz CT molecular complexity index is 459. The van der Waals surface area contributed by atoms with Gasteiger partial charge in [-0.1, -0.05) is 72.8 Å². The van der Waals surface area contributed by atoms with E-state index in [2.05, 4.69) is 36.4 Å². The lowest BCUT2D eigenvalue weighted by Gasteiger charge is -2.06. The highest BCUT2D eigenvalue weighted by molar-refractivity contribution is 5.49. The van der Waals surface area contributed by atoms with Gasteiger partial charge in [-0.15, -0.1) is 0 Å². The van der Waals surface area contributed by atoms with Crippen molar-refractivity contribution in [2.75, 3.05) is 0 Å². The Labute approximate surface area is 103 Å². The van der Waals surface area contributed by atoms with Gasteiger partial charge < -0.3 is 5.73 Å². The molecule has 17 heavy (non-hydrogen) atoms. The van der Waals surface area contributed by atoms with Crippen molar-refractivity contribution in [3.8, 4) is 0 Å². The van der Waals surface area contributed by atoms with Crippen LogP contribution in [0.15, 0.2) is 66.7 Å². The molecule has 1 nitrogen and oxygen atoms in total. The molecule has 2 aromatic carbocycles. The van der Waals surface area contributed by atoms with Gasteiger partial charge in [-0.3, -0.25) is 0 Å². The van der Waals surface area contributed by atoms with Crippen LogP contribution in [0, 0.1) is 0 Å². The summed E-state index contributed by atoms with van der Waals surface area (Å²) in [5, 5.41) is 0. The van der Waals surface area contributed by atoms with Crippen molar-refractivity contribution in [3.05, 3.63) is 77.9 Å². The van der Waals surface area contributed by atoms with Gasteiger partial charge in [0.15, 0.2) is 0 Å². The van der Waals surface area contributed by atoms with Crippen molar-refractivity contribution in [2.45, 2.75) is 12.5 Å². The van der Waals surface area contributed by atoms with Crippen LogP contribution in [-0.4, -0.2) is 6.04 Å². The molecule has 0 saturated carbocycles. The molecule has 0 bridgehead atoms. The Balaban J connectivity index is 1.94. The van der Waals surface area contributed by atoms with Crippen molar-refractivity contribution >= 4 is 6.08 Å². The molecule has 86 valence electrons. The first-order valence-electron chi connectivity index (χ1n) is 5.87. The van der Waals surface area contributed by atoms with E-state index in [1.807, 2.05) is 36.4 Å². The van der Waals surface area contributed by atoms with E-state index in [0.717, 1.165) is 6.42 Å². The number of hydrogen-bond acceptors (Lipinski definition) is 1. The predicted molar refractivity (Wildman–Crippen MR) is 73.6 cm³/mol. The largest absolute Gasteiger partial charge is 0.324 e. The minimum absolute atomic E-state index is 0.0672. The molecule has 0 aliphatic heterocycles. The van der Waals surface area contributed by atoms with E-state index < -0.39 is 0 Å². The molecule has 0 radical (unpaired) electrons. The second-order valence-corrected chi connectivity index (χ2v) is 4.12. The summed E-state index contributed by atoms with van der Waals surface area (Å²) in [6.45, 7) is 0. The lowest BCUT2D eigenvalue weighted by molar-refractivity contribution is 0.813. The molecule has 0 aliphatic rings. The van der Waals surface area contributed by atoms with Gasteiger partial charge >= 0.3 is 0 Å². The summed E-state index contributed by atoms with van der Waals surface area (Å²) in [7, 11) is 0. The molecule has 2 rings (SSSR count). The molecule has 0 unspecified atom stereocenters. The topological polar surface area (TPSA) is 26.0 Å². The molecule has 0 aromatic heterocycles. The molecule has 0 amide bonds. The summed E-state index contributed by atoms with van der Waals surface area (Å²) in [5.74, 6) is 0. The summed E-state index contributed by atoms with van der Waals surface area (Å²) in [5.41, 5.74) is 8.53. The molecule has 0 spiro atoms. The van der Waals surface area contributed by atoms with Gasteiger partial charge in [0.2, 0.25) is 0 Å². The van der Waals surface area contributed by atoms with E-state index in [-0.39, 0.29) is 6.04 Å². The second-order valence-electron chi connectivity index (χ2n) is 4.12. The van der Waals surface area contributed by atoms with Crippen molar-refractivity contribution in [1.29, 1.82) is 0 Å². The molecular weight excluding hydrogens is 206 g/mol. The van der Waals surface area contributed by atoms with Crippen LogP contribution in [0.2, 0.25) is 0 Å². The maximum Gasteiger partial charge on any atom is 0.0267 e. The standard InChI is InChI=1S/C16H17N/c17-16(13-15-9-5-2-6-10-15)12-11-14-7-3-1-4-8-14/h1-12,16H,13,17H2/b12-11+/t16-/m1/s1. The summed E-state index contributed by atoms with van der Waals surface area (Å²) in [6.07, 6.45) is 5.01. The number of hydrogen-bond donors (Lipinski definition) is 1. The highest BCUT2D eigenvalue weighted by Crippen LogP contribution is 2.05. The quantitative estimate of drug-likeness (QED) is 0.845. The van der Waals surface area contributed by atoms with E-state index >= 15 is 0 Å². The van der Waals surface area contributed by atoms with E-state index in [9.17, 15) is 0 Å². The van der Waals surface area contributed by atoms with Crippen molar-refractivity contribution in [3.63, 3.8) is 0 Å². The number of benzene rings is 2. The van der Waals surface area contributed by atoms with E-state index in [1.54, 1.807) is 0 Å². The highest BCUT2D eigenvalue weighted by Gasteiger charge is 1.98. The number of nitrogens with two attached hydrogens (primary N) is 1. The molecule has 1 heteroatoms. The molecule has 0 heterocycles. The lowest BCUT2D eigenvalue weighted by atomic mass is 10.1. The Hall–Kier alpha value is -1.86. The van der Waals surface area contributed by atoms with Crippen LogP contribution in [-0.2, 0) is 6.42 Å². The third-order valence-electron chi connectivity index (χ3n) is 2.65. The Kier molecular flexibility index (Phi) is 4.11. The molecule has 1 atom stereocenters. The monoisotopic (exact) mass is 223 g/mol. The highest BCUT2D eigenvalue weighted by atomic mass is 14.6. The number of rotatable bonds is 4. The lowest BCUT2D eigenvalue weighted by Crippen LogP contribution is -2.19. The van der Waals surface area contributed by atoms with Crippen LogP contribution in [0.5, 0.6) is 0 Å². The SMILES string of the molecule is N[C@H](/C=C/c1ccccc1)Cc1ccccc1. The maximum atomic E-state index is 6.07. The van der Waals surface area contributed by atoms with Crippen LogP contribution >= 0.6 is 0 Å². The third kappa shape index (κ3) is 3.89. The zero-order valence-corrected chi connectivity index (χ0v) is 9.79. The fourth-order valence-electron chi connectivity index (χ4n) is 1.75. The second kappa shape index (κ2) is 6.02. The van der Waals surface area contributed by atoms with E-state index in [0.29, 0.717) is 0 Å². The fraction of sp³-hybridized carbons (Fsp3) is 0.125. The Morgan fingerprint density at radius 3 is 2.12 bits per heavy atom. The summed E-state index contributed by atoms with van der Waals surface area (Å²) >= 11 is 0. The van der Waals surface area contributed by atoms with Crippen LogP contribution in [0.1, 0.15) is 11.1 Å². The van der Waals surface area contributed by atoms with Crippen LogP contribution in [0.25, 0.3) is 6.08 Å². The first kappa shape index (κ1) is 11.6. The Morgan fingerprint density at radius 1 is 0.882 bits per heavy atom. The molecule has 0 aliphatic carbocycles. The van der Waals surface area contributed by atoms with E-state index in [1.165, 1.54) is 11.1 Å². The third-order valence-corrected chi connectivity index (χ3v) is 2.65. The van der Waals surface area contributed by atoms with Gasteiger partial charge in [0, 0.05) is 6.04 Å². The summed E-state index contributed by atoms with van der Waals surface area (Å²) < 4.78 is 0. The zero-order valence-electron chi connectivity index (χ0n) is 9.79. The van der Waals surface area contributed by atoms with Crippen LogP contribution in [0.4, 0.5) is 0 Å². The summed E-state index contributed by atoms with van der Waals surface area (Å²) in [6, 6.07) is 20.6. The Morgan fingerprint density at radius 2 is 1.47 bits per heavy atom. The first-order chi connectivity index (χ1) is 8.34. The van der Waals surface area contributed by atoms with Crippen molar-refractivity contribution < 1.29 is 0 Å². The van der Waals surface area contributed by atoms with Gasteiger partial charge in [-0.2, -0.15) is 0 Å². The van der Waals surface area contributed by atoms with Gasteiger partial charge in [0.1, 0.15) is 0 Å². The van der Waals surface area contributed by atoms with Gasteiger partial charge in [0.05, 0.1) is 0 Å². The van der Waals surface area contributed by atoms with Gasteiger partial charge in [0.25, 0.3) is 0 Å². The van der Waals surface area contributed by atoms with Crippen LogP contribution < -0.4 is 5.73 Å². The minimum Gasteiger partial charge on any atom is -0.324 e. The van der Waals surface area contributed by atoms with Crippen molar-refractivity contribution in [2.24, 2.45) is 5.73 Å². The molecule has 0 saturated heterocycles. The molecule has 2 N–H and O–H groups in total. The molecule has 0 fully saturated rings. The molecular formula is C16H17N. The fourth-order valence-corrected chi connectivity index (χ4v) is 1.75. The smallest absolute Gasteiger partial charge is 0.0267 e. The van der Waals surface area contributed by atoms with Gasteiger partial charge in [-0.25, -0.2) is 0 Å². The zero-order chi connectivity index (χ0) is 11.9. The normalized spacial score (nSPS) is 12.8. The van der Waals surface area contributed by atoms with E-state index in [4.69, 9.17) is 5.73 Å². The van der Waals surface area contributed by atoms with Gasteiger partial charge in [-0.05, 0) is 17.5 Å². The maximum absolute atomic E-state index is 6.07. The predicted octanol–water partition coefficient (Wildman–Crippen LogP) is 3.27. The van der Waals surface area contributed by atoms with Crippen molar-refractivity contribution in [1.82, 2.24) is 0 Å². The average molecular weight is 223 g/mol. The minimum atomic E-state index is 0.0672.